The van der Waals surface area contributed by atoms with Gasteiger partial charge in [0.15, 0.2) is 5.82 Å². The number of aromatic nitrogens is 2. The Bertz CT molecular complexity index is 1110. The molecule has 0 unspecified atom stereocenters. The molecule has 172 valence electrons. The lowest BCUT2D eigenvalue weighted by Crippen LogP contribution is -2.48. The third-order valence-corrected chi connectivity index (χ3v) is 6.02. The molecule has 8 heteroatoms. The Morgan fingerprint density at radius 1 is 1.12 bits per heavy atom. The zero-order valence-electron chi connectivity index (χ0n) is 19.0. The quantitative estimate of drug-likeness (QED) is 0.483. The van der Waals surface area contributed by atoms with E-state index in [0.717, 1.165) is 37.3 Å². The summed E-state index contributed by atoms with van der Waals surface area (Å²) in [6, 6.07) is 15.6. The zero-order valence-corrected chi connectivity index (χ0v) is 19.0. The van der Waals surface area contributed by atoms with E-state index in [4.69, 9.17) is 5.73 Å². The van der Waals surface area contributed by atoms with Crippen LogP contribution >= 0.6 is 0 Å². The number of carbonyl (C=O) groups excluding carboxylic acids is 1. The van der Waals surface area contributed by atoms with Crippen molar-refractivity contribution in [2.24, 2.45) is 10.7 Å². The van der Waals surface area contributed by atoms with E-state index in [0.29, 0.717) is 23.7 Å². The summed E-state index contributed by atoms with van der Waals surface area (Å²) in [5.74, 6) is -0.141. The molecule has 8 nitrogen and oxygen atoms in total. The van der Waals surface area contributed by atoms with Gasteiger partial charge in [-0.1, -0.05) is 12.1 Å². The Hall–Kier alpha value is -3.65. The largest absolute Gasteiger partial charge is 0.508 e. The Kier molecular flexibility index (Phi) is 6.74. The molecule has 0 saturated carbocycles. The third kappa shape index (κ3) is 5.40. The van der Waals surface area contributed by atoms with Crippen molar-refractivity contribution in [2.75, 3.05) is 31.1 Å². The van der Waals surface area contributed by atoms with Crippen molar-refractivity contribution < 1.29 is 9.90 Å². The molecule has 33 heavy (non-hydrogen) atoms. The van der Waals surface area contributed by atoms with Crippen molar-refractivity contribution in [1.82, 2.24) is 15.1 Å². The van der Waals surface area contributed by atoms with Crippen LogP contribution in [0.15, 0.2) is 53.5 Å². The maximum atomic E-state index is 12.1. The number of anilines is 1. The van der Waals surface area contributed by atoms with Crippen LogP contribution in [0.25, 0.3) is 0 Å². The summed E-state index contributed by atoms with van der Waals surface area (Å²) < 4.78 is 0. The summed E-state index contributed by atoms with van der Waals surface area (Å²) >= 11 is 0. The third-order valence-electron chi connectivity index (χ3n) is 6.02. The van der Waals surface area contributed by atoms with Gasteiger partial charge in [0.2, 0.25) is 0 Å². The van der Waals surface area contributed by atoms with Gasteiger partial charge in [-0.05, 0) is 61.4 Å². The zero-order chi connectivity index (χ0) is 23.4. The number of hydrogen-bond acceptors (Lipinski definition) is 6. The highest BCUT2D eigenvalue weighted by Gasteiger charge is 2.20. The van der Waals surface area contributed by atoms with Crippen molar-refractivity contribution in [1.29, 1.82) is 0 Å². The van der Waals surface area contributed by atoms with Crippen LogP contribution in [0.3, 0.4) is 0 Å². The minimum Gasteiger partial charge on any atom is -0.508 e. The van der Waals surface area contributed by atoms with E-state index in [1.807, 2.05) is 0 Å². The summed E-state index contributed by atoms with van der Waals surface area (Å²) in [6.45, 7) is 8.67. The molecule has 0 radical (unpaired) electrons. The van der Waals surface area contributed by atoms with E-state index in [1.165, 1.54) is 5.69 Å². The van der Waals surface area contributed by atoms with E-state index in [-0.39, 0.29) is 11.6 Å². The smallest absolute Gasteiger partial charge is 0.254 e. The van der Waals surface area contributed by atoms with E-state index in [2.05, 4.69) is 63.1 Å². The monoisotopic (exact) mass is 446 g/mol. The van der Waals surface area contributed by atoms with Crippen molar-refractivity contribution in [3.8, 4) is 5.75 Å². The number of phenols is 1. The molecule has 1 aliphatic heterocycles. The van der Waals surface area contributed by atoms with Crippen molar-refractivity contribution >= 4 is 23.6 Å². The fraction of sp³-hybridized carbons (Fsp3) is 0.320. The number of piperazine rings is 1. The van der Waals surface area contributed by atoms with Crippen molar-refractivity contribution in [3.05, 3.63) is 70.9 Å². The first-order chi connectivity index (χ1) is 15.9. The number of phenolic OH excluding ortho intramolecular Hbond substituents is 1. The van der Waals surface area contributed by atoms with Crippen LogP contribution in [0.2, 0.25) is 0 Å². The first kappa shape index (κ1) is 22.5. The topological polar surface area (TPSA) is 111 Å². The average Bonchev–Trinajstić information content (AvgIpc) is 3.22. The van der Waals surface area contributed by atoms with Gasteiger partial charge in [-0.15, -0.1) is 0 Å². The van der Waals surface area contributed by atoms with Crippen molar-refractivity contribution in [2.45, 2.75) is 26.3 Å². The molecule has 2 heterocycles. The predicted molar refractivity (Wildman–Crippen MR) is 131 cm³/mol. The molecule has 1 aromatic heterocycles. The SMILES string of the molecule is CC(C)N1CCN(c2ccc(Cc3[nH]nc(N=Cc4ccc(O)cc4)c3C(N)=O)cc2)CC1. The second kappa shape index (κ2) is 9.87. The molecule has 1 aliphatic rings. The number of nitrogens with zero attached hydrogens (tertiary/aromatic N) is 4. The van der Waals surface area contributed by atoms with Gasteiger partial charge in [0.1, 0.15) is 11.3 Å². The van der Waals surface area contributed by atoms with E-state index < -0.39 is 5.91 Å². The van der Waals surface area contributed by atoms with Gasteiger partial charge in [-0.25, -0.2) is 4.99 Å². The lowest BCUT2D eigenvalue weighted by molar-refractivity contribution is 0.100. The van der Waals surface area contributed by atoms with Crippen molar-refractivity contribution in [3.63, 3.8) is 0 Å². The summed E-state index contributed by atoms with van der Waals surface area (Å²) in [4.78, 5) is 21.4. The van der Waals surface area contributed by atoms with Crippen LogP contribution in [0.4, 0.5) is 11.5 Å². The van der Waals surface area contributed by atoms with Gasteiger partial charge < -0.3 is 15.7 Å². The lowest BCUT2D eigenvalue weighted by Gasteiger charge is -2.38. The number of aliphatic imine (C=N–C) groups is 1. The number of primary amides is 1. The molecule has 2 aromatic carbocycles. The number of benzene rings is 2. The minimum atomic E-state index is -0.573. The minimum absolute atomic E-state index is 0.177. The molecule has 0 atom stereocenters. The standard InChI is InChI=1S/C25H30N6O2/c1-17(2)30-11-13-31(14-12-30)20-7-3-18(4-8-20)15-22-23(24(26)33)25(29-28-22)27-16-19-5-9-21(32)10-6-19/h3-10,16-17,32H,11-15H2,1-2H3,(H2,26,33)(H,28,29). The maximum absolute atomic E-state index is 12.1. The summed E-state index contributed by atoms with van der Waals surface area (Å²) in [5, 5.41) is 16.5. The van der Waals surface area contributed by atoms with Gasteiger partial charge in [0, 0.05) is 50.5 Å². The highest BCUT2D eigenvalue weighted by molar-refractivity contribution is 5.99. The highest BCUT2D eigenvalue weighted by atomic mass is 16.3. The number of aromatic amines is 1. The van der Waals surface area contributed by atoms with E-state index >= 15 is 0 Å². The summed E-state index contributed by atoms with van der Waals surface area (Å²) in [7, 11) is 0. The van der Waals surface area contributed by atoms with Crippen LogP contribution in [-0.2, 0) is 6.42 Å². The molecular weight excluding hydrogens is 416 g/mol. The highest BCUT2D eigenvalue weighted by Crippen LogP contribution is 2.24. The molecule has 0 aliphatic carbocycles. The van der Waals surface area contributed by atoms with Gasteiger partial charge >= 0.3 is 0 Å². The second-order valence-corrected chi connectivity index (χ2v) is 8.57. The van der Waals surface area contributed by atoms with E-state index in [9.17, 15) is 9.90 Å². The number of hydrogen-bond donors (Lipinski definition) is 3. The Balaban J connectivity index is 1.45. The number of H-pyrrole nitrogens is 1. The molecule has 4 rings (SSSR count). The van der Waals surface area contributed by atoms with E-state index in [1.54, 1.807) is 30.5 Å². The van der Waals surface area contributed by atoms with Crippen LogP contribution in [0, 0.1) is 0 Å². The first-order valence-corrected chi connectivity index (χ1v) is 11.2. The van der Waals surface area contributed by atoms with Crippen LogP contribution < -0.4 is 10.6 Å². The summed E-state index contributed by atoms with van der Waals surface area (Å²) in [5.41, 5.74) is 9.61. The first-order valence-electron chi connectivity index (χ1n) is 11.2. The number of aromatic hydroxyl groups is 1. The second-order valence-electron chi connectivity index (χ2n) is 8.57. The van der Waals surface area contributed by atoms with Gasteiger partial charge in [0.25, 0.3) is 5.91 Å². The number of nitrogens with one attached hydrogen (secondary N) is 1. The van der Waals surface area contributed by atoms with Crippen LogP contribution in [0.1, 0.15) is 41.0 Å². The van der Waals surface area contributed by atoms with Crippen LogP contribution in [0.5, 0.6) is 5.75 Å². The number of carbonyl (C=O) groups is 1. The fourth-order valence-corrected chi connectivity index (χ4v) is 4.07. The molecule has 4 N–H and O–H groups in total. The summed E-state index contributed by atoms with van der Waals surface area (Å²) in [6.07, 6.45) is 2.08. The molecule has 1 fully saturated rings. The van der Waals surface area contributed by atoms with Gasteiger partial charge in [-0.3, -0.25) is 14.8 Å². The number of amides is 1. The predicted octanol–water partition coefficient (Wildman–Crippen LogP) is 3.09. The molecular formula is C25H30N6O2. The van der Waals surface area contributed by atoms with Crippen LogP contribution in [-0.4, -0.2) is 64.5 Å². The van der Waals surface area contributed by atoms with Gasteiger partial charge in [0.05, 0.1) is 5.69 Å². The Morgan fingerprint density at radius 2 is 1.79 bits per heavy atom. The lowest BCUT2D eigenvalue weighted by atomic mass is 10.1. The normalized spacial score (nSPS) is 14.9. The molecule has 0 bridgehead atoms. The average molecular weight is 447 g/mol. The Morgan fingerprint density at radius 3 is 2.39 bits per heavy atom. The van der Waals surface area contributed by atoms with Gasteiger partial charge in [-0.2, -0.15) is 5.10 Å². The molecule has 1 saturated heterocycles. The Labute approximate surface area is 193 Å². The fourth-order valence-electron chi connectivity index (χ4n) is 4.07. The maximum Gasteiger partial charge on any atom is 0.254 e. The molecule has 1 amide bonds. The number of rotatable bonds is 7. The molecule has 3 aromatic rings. The number of nitrogens with two attached hydrogens (primary N) is 1. The molecule has 0 spiro atoms.